The first-order valence-electron chi connectivity index (χ1n) is 17.9. The number of hydrazine groups is 1. The zero-order valence-corrected chi connectivity index (χ0v) is 33.3. The molecular formula is C38H42FN6O5SSi2. The van der Waals surface area contributed by atoms with E-state index in [4.69, 9.17) is 14.5 Å². The number of hydrogen-bond donors (Lipinski definition) is 2. The fourth-order valence-corrected chi connectivity index (χ4v) is 9.61. The van der Waals surface area contributed by atoms with Crippen molar-refractivity contribution in [3.8, 4) is 11.3 Å². The number of methoxy groups -OCH3 is 1. The molecular weight excluding hydrogens is 728 g/mol. The number of allylic oxidation sites excluding steroid dienone is 2. The number of nitrogens with one attached hydrogen (secondary N) is 2. The highest BCUT2D eigenvalue weighted by Gasteiger charge is 2.54. The molecule has 275 valence electrons. The fraction of sp³-hybridized carbons (Fsp3) is 0.500. The summed E-state index contributed by atoms with van der Waals surface area (Å²) in [5.74, 6) is 1.21. The SMILES string of the molecule is CCn1c(C2=C([C@H](C)OC)N=C=C=C2)c2c3cc(ccc31)-c1csc(n1)CC([Si])(NC(=O)C1(F)CC1)C(=O)N1CCC[C@H]([Si]N1)C(=O)OCC(C)(C)C2. The van der Waals surface area contributed by atoms with Crippen molar-refractivity contribution in [2.24, 2.45) is 10.4 Å². The number of carbonyl (C=O) groups is 3. The third kappa shape index (κ3) is 7.31. The summed E-state index contributed by atoms with van der Waals surface area (Å²) in [6.07, 6.45) is 3.44. The number of aryl methyl sites for hydroxylation is 1. The summed E-state index contributed by atoms with van der Waals surface area (Å²) in [4.78, 5) is 50.4. The average molecular weight is 770 g/mol. The van der Waals surface area contributed by atoms with Crippen LogP contribution in [0.1, 0.15) is 69.6 Å². The van der Waals surface area contributed by atoms with E-state index in [-0.39, 0.29) is 47.6 Å². The van der Waals surface area contributed by atoms with Gasteiger partial charge in [-0.1, -0.05) is 19.9 Å². The van der Waals surface area contributed by atoms with E-state index in [0.29, 0.717) is 43.1 Å². The van der Waals surface area contributed by atoms with Gasteiger partial charge in [-0.15, -0.1) is 11.3 Å². The number of carbonyl (C=O) groups excluding carboxylic acids is 3. The number of aromatic nitrogens is 2. The molecule has 11 nitrogen and oxygen atoms in total. The highest BCUT2D eigenvalue weighted by Crippen LogP contribution is 2.42. The van der Waals surface area contributed by atoms with Gasteiger partial charge in [-0.3, -0.25) is 24.5 Å². The van der Waals surface area contributed by atoms with Crippen molar-refractivity contribution < 1.29 is 28.2 Å². The lowest BCUT2D eigenvalue weighted by atomic mass is 9.84. The number of halogens is 1. The molecule has 3 aromatic rings. The number of hydrogen-bond acceptors (Lipinski definition) is 9. The number of ether oxygens (including phenoxy) is 2. The van der Waals surface area contributed by atoms with Gasteiger partial charge in [0.2, 0.25) is 0 Å². The Kier molecular flexibility index (Phi) is 10.1. The highest BCUT2D eigenvalue weighted by atomic mass is 32.1. The van der Waals surface area contributed by atoms with Crippen molar-refractivity contribution in [2.45, 2.75) is 95.2 Å². The van der Waals surface area contributed by atoms with Crippen LogP contribution in [0.3, 0.4) is 0 Å². The van der Waals surface area contributed by atoms with Crippen molar-refractivity contribution in [3.63, 3.8) is 0 Å². The molecule has 3 atom stereocenters. The smallest absolute Gasteiger partial charge is 0.307 e. The van der Waals surface area contributed by atoms with Crippen LogP contribution in [0, 0.1) is 5.41 Å². The van der Waals surface area contributed by atoms with E-state index < -0.39 is 33.6 Å². The number of nitrogens with zero attached hydrogens (tertiary/aromatic N) is 4. The molecule has 3 aliphatic heterocycles. The van der Waals surface area contributed by atoms with Crippen LogP contribution in [-0.2, 0) is 43.2 Å². The first kappa shape index (κ1) is 37.4. The Labute approximate surface area is 318 Å². The molecule has 15 heteroatoms. The minimum Gasteiger partial charge on any atom is -0.465 e. The molecule has 1 aromatic carbocycles. The Bertz CT molecular complexity index is 2130. The summed E-state index contributed by atoms with van der Waals surface area (Å²) in [7, 11) is 5.14. The van der Waals surface area contributed by atoms with E-state index in [1.807, 2.05) is 24.4 Å². The molecule has 7 rings (SSSR count). The molecule has 1 unspecified atom stereocenters. The molecule has 6 bridgehead atoms. The molecule has 2 fully saturated rings. The van der Waals surface area contributed by atoms with Crippen LogP contribution in [-0.4, -0.2) is 95.3 Å². The van der Waals surface area contributed by atoms with E-state index in [1.165, 1.54) is 16.3 Å². The van der Waals surface area contributed by atoms with E-state index >= 15 is 0 Å². The Morgan fingerprint density at radius 3 is 2.83 bits per heavy atom. The number of amides is 2. The molecule has 1 saturated heterocycles. The quantitative estimate of drug-likeness (QED) is 0.213. The summed E-state index contributed by atoms with van der Waals surface area (Å²) in [6, 6.07) is 6.26. The molecule has 5 heterocycles. The largest absolute Gasteiger partial charge is 0.465 e. The van der Waals surface area contributed by atoms with Crippen LogP contribution >= 0.6 is 11.3 Å². The zero-order chi connectivity index (χ0) is 37.7. The summed E-state index contributed by atoms with van der Waals surface area (Å²) in [5.41, 5.74) is 6.46. The summed E-state index contributed by atoms with van der Waals surface area (Å²) < 4.78 is 29.1. The molecule has 2 N–H and O–H groups in total. The minimum absolute atomic E-state index is 0.0188. The number of cyclic esters (lactones) is 1. The van der Waals surface area contributed by atoms with Gasteiger partial charge < -0.3 is 19.4 Å². The maximum atomic E-state index is 15.0. The predicted octanol–water partition coefficient (Wildman–Crippen LogP) is 4.61. The second kappa shape index (κ2) is 14.4. The van der Waals surface area contributed by atoms with Gasteiger partial charge in [0.1, 0.15) is 5.16 Å². The van der Waals surface area contributed by atoms with Crippen LogP contribution in [0.2, 0.25) is 5.54 Å². The van der Waals surface area contributed by atoms with Crippen LogP contribution in [0.4, 0.5) is 4.39 Å². The van der Waals surface area contributed by atoms with E-state index in [2.05, 4.69) is 74.7 Å². The number of esters is 1. The Morgan fingerprint density at radius 1 is 1.30 bits per heavy atom. The molecule has 1 aliphatic carbocycles. The second-order valence-electron chi connectivity index (χ2n) is 15.0. The summed E-state index contributed by atoms with van der Waals surface area (Å²) >= 11 is 1.37. The van der Waals surface area contributed by atoms with Crippen molar-refractivity contribution in [2.75, 3.05) is 20.3 Å². The van der Waals surface area contributed by atoms with E-state index in [1.54, 1.807) is 7.11 Å². The first-order chi connectivity index (χ1) is 25.3. The lowest BCUT2D eigenvalue weighted by Crippen LogP contribution is -2.65. The predicted molar refractivity (Wildman–Crippen MR) is 203 cm³/mol. The lowest BCUT2D eigenvalue weighted by Gasteiger charge is -2.35. The van der Waals surface area contributed by atoms with Crippen molar-refractivity contribution in [1.82, 2.24) is 25.0 Å². The number of thiazole rings is 1. The van der Waals surface area contributed by atoms with Gasteiger partial charge in [0, 0.05) is 71.4 Å². The third-order valence-electron chi connectivity index (χ3n) is 10.3. The maximum Gasteiger partial charge on any atom is 0.307 e. The summed E-state index contributed by atoms with van der Waals surface area (Å²) in [5, 5.41) is 9.12. The topological polar surface area (TPSA) is 127 Å². The minimum atomic E-state index is -2.00. The Morgan fingerprint density at radius 2 is 2.09 bits per heavy atom. The van der Waals surface area contributed by atoms with E-state index in [9.17, 15) is 18.8 Å². The number of fused-ring (bicyclic) bond motifs is 7. The molecule has 2 amide bonds. The normalized spacial score (nSPS) is 24.5. The average Bonchev–Trinajstić information content (AvgIpc) is 3.73. The number of alkyl halides is 1. The van der Waals surface area contributed by atoms with Gasteiger partial charge in [0.15, 0.2) is 15.3 Å². The molecule has 53 heavy (non-hydrogen) atoms. The van der Waals surface area contributed by atoms with Gasteiger partial charge in [0.05, 0.1) is 50.6 Å². The Hall–Kier alpha value is -3.95. The van der Waals surface area contributed by atoms with Crippen molar-refractivity contribution in [3.05, 3.63) is 57.3 Å². The van der Waals surface area contributed by atoms with Crippen LogP contribution < -0.4 is 10.4 Å². The number of rotatable bonds is 6. The monoisotopic (exact) mass is 769 g/mol. The Balaban J connectivity index is 1.38. The standard InChI is InChI=1S/C38H42FN6O5SSi2/c1-6-44-28-12-11-23-17-25(28)26(32(44)24-9-7-15-40-31(24)22(2)49-5)18-36(3,4)21-50-33(46)29-10-8-16-45(43-53-29)35(48)38(52,19-30-41-27(23)20-51-30)42-34(47)37(39)13-14-37/h9,11-12,17,20,22,29,43H,6,8,10,13-14,16,18-19,21H2,1-5H3,(H,42,47)/t22-,29-,38?/m0/s1. The highest BCUT2D eigenvalue weighted by molar-refractivity contribution is 7.10. The number of benzene rings is 1. The summed E-state index contributed by atoms with van der Waals surface area (Å²) in [6.45, 7) is 9.42. The van der Waals surface area contributed by atoms with Crippen LogP contribution in [0.25, 0.3) is 27.7 Å². The van der Waals surface area contributed by atoms with Crippen molar-refractivity contribution >= 4 is 71.4 Å². The van der Waals surface area contributed by atoms with Gasteiger partial charge in [-0.2, -0.15) is 4.99 Å². The van der Waals surface area contributed by atoms with E-state index in [0.717, 1.165) is 39.0 Å². The molecule has 5 radical (unpaired) electrons. The lowest BCUT2D eigenvalue weighted by molar-refractivity contribution is -0.146. The molecule has 0 spiro atoms. The maximum absolute atomic E-state index is 15.0. The fourth-order valence-electron chi connectivity index (χ4n) is 7.10. The first-order valence-corrected chi connectivity index (χ1v) is 20.4. The van der Waals surface area contributed by atoms with Gasteiger partial charge in [-0.05, 0) is 69.4 Å². The van der Waals surface area contributed by atoms with Gasteiger partial charge >= 0.3 is 5.97 Å². The van der Waals surface area contributed by atoms with Gasteiger partial charge in [-0.25, -0.2) is 9.37 Å². The van der Waals surface area contributed by atoms with Gasteiger partial charge in [0.25, 0.3) is 11.8 Å². The molecule has 2 aromatic heterocycles. The number of aliphatic imine (C=N–C) groups is 1. The zero-order valence-electron chi connectivity index (χ0n) is 30.5. The van der Waals surface area contributed by atoms with Crippen LogP contribution in [0.15, 0.2) is 46.1 Å². The second-order valence-corrected chi connectivity index (χ2v) is 18.0. The molecule has 1 saturated carbocycles. The van der Waals surface area contributed by atoms with Crippen LogP contribution in [0.5, 0.6) is 0 Å². The third-order valence-corrected chi connectivity index (χ3v) is 12.9. The molecule has 4 aliphatic rings. The van der Waals surface area contributed by atoms with Crippen molar-refractivity contribution in [1.29, 1.82) is 0 Å².